The third-order valence-electron chi connectivity index (χ3n) is 1.85. The zero-order valence-corrected chi connectivity index (χ0v) is 9.49. The molecule has 2 nitrogen and oxygen atoms in total. The van der Waals surface area contributed by atoms with Crippen molar-refractivity contribution in [3.05, 3.63) is 27.7 Å². The predicted molar refractivity (Wildman–Crippen MR) is 54.0 cm³/mol. The average molecular weight is 275 g/mol. The molecule has 1 aromatic rings. The van der Waals surface area contributed by atoms with Gasteiger partial charge in [0.1, 0.15) is 5.75 Å². The number of hydrogen-bond acceptors (Lipinski definition) is 2. The van der Waals surface area contributed by atoms with E-state index >= 15 is 0 Å². The molecule has 0 spiro atoms. The quantitative estimate of drug-likeness (QED) is 0.893. The van der Waals surface area contributed by atoms with Crippen molar-refractivity contribution in [3.8, 4) is 5.75 Å². The summed E-state index contributed by atoms with van der Waals surface area (Å²) >= 11 is 11.2. The van der Waals surface area contributed by atoms with Crippen molar-refractivity contribution in [2.45, 2.75) is 12.3 Å². The molecule has 0 radical (unpaired) electrons. The molecule has 0 saturated heterocycles. The van der Waals surface area contributed by atoms with Gasteiger partial charge >= 0.3 is 6.18 Å². The fraction of sp³-hybridized carbons (Fsp3) is 0.333. The summed E-state index contributed by atoms with van der Waals surface area (Å²) in [7, 11) is 1.15. The maximum atomic E-state index is 12.3. The van der Waals surface area contributed by atoms with Crippen LogP contribution in [-0.4, -0.2) is 18.4 Å². The lowest BCUT2D eigenvalue weighted by Crippen LogP contribution is -2.20. The van der Waals surface area contributed by atoms with E-state index in [9.17, 15) is 13.2 Å². The second-order valence-electron chi connectivity index (χ2n) is 2.95. The Hall–Kier alpha value is -0.650. The lowest BCUT2D eigenvalue weighted by Gasteiger charge is -2.18. The number of methoxy groups -OCH3 is 1. The number of benzene rings is 1. The van der Waals surface area contributed by atoms with Crippen LogP contribution in [0.4, 0.5) is 13.2 Å². The fourth-order valence-electron chi connectivity index (χ4n) is 1.18. The molecule has 90 valence electrons. The highest BCUT2D eigenvalue weighted by atomic mass is 35.5. The first-order valence-corrected chi connectivity index (χ1v) is 4.80. The molecule has 0 aliphatic heterocycles. The Kier molecular flexibility index (Phi) is 3.93. The van der Waals surface area contributed by atoms with E-state index in [4.69, 9.17) is 33.0 Å². The van der Waals surface area contributed by atoms with E-state index in [0.717, 1.165) is 13.2 Å². The average Bonchev–Trinajstić information content (AvgIpc) is 2.14. The van der Waals surface area contributed by atoms with Crippen LogP contribution in [0.15, 0.2) is 12.1 Å². The number of rotatable bonds is 2. The number of aliphatic hydroxyl groups is 1. The Labute approximate surface area is 99.5 Å². The summed E-state index contributed by atoms with van der Waals surface area (Å²) in [6.45, 7) is 0. The molecule has 0 amide bonds. The summed E-state index contributed by atoms with van der Waals surface area (Å²) in [4.78, 5) is 0. The first-order chi connectivity index (χ1) is 7.27. The van der Waals surface area contributed by atoms with Crippen LogP contribution in [0.5, 0.6) is 5.75 Å². The summed E-state index contributed by atoms with van der Waals surface area (Å²) < 4.78 is 41.7. The van der Waals surface area contributed by atoms with Gasteiger partial charge < -0.3 is 9.84 Å². The van der Waals surface area contributed by atoms with Gasteiger partial charge in [0.2, 0.25) is 0 Å². The van der Waals surface area contributed by atoms with Crippen molar-refractivity contribution in [2.75, 3.05) is 7.11 Å². The van der Waals surface area contributed by atoms with Crippen LogP contribution in [0.3, 0.4) is 0 Å². The van der Waals surface area contributed by atoms with Gasteiger partial charge in [0.05, 0.1) is 12.1 Å². The molecular formula is C9H7Cl2F3O2. The van der Waals surface area contributed by atoms with Crippen LogP contribution in [-0.2, 0) is 0 Å². The van der Waals surface area contributed by atoms with Crippen LogP contribution in [0.25, 0.3) is 0 Å². The Morgan fingerprint density at radius 1 is 1.31 bits per heavy atom. The van der Waals surface area contributed by atoms with Gasteiger partial charge in [0.15, 0.2) is 6.10 Å². The number of ether oxygens (including phenoxy) is 1. The third kappa shape index (κ3) is 2.72. The molecule has 1 atom stereocenters. The summed E-state index contributed by atoms with van der Waals surface area (Å²) in [5.41, 5.74) is -0.507. The zero-order valence-electron chi connectivity index (χ0n) is 7.98. The SMILES string of the molecule is COc1c(Cl)cc(Cl)cc1[C@H](O)C(F)(F)F. The molecule has 1 aromatic carbocycles. The number of hydrogen-bond donors (Lipinski definition) is 1. The molecule has 0 aliphatic rings. The Bertz CT molecular complexity index is 393. The molecule has 0 aliphatic carbocycles. The van der Waals surface area contributed by atoms with Crippen molar-refractivity contribution in [2.24, 2.45) is 0 Å². The molecule has 0 saturated carbocycles. The second-order valence-corrected chi connectivity index (χ2v) is 3.80. The molecule has 16 heavy (non-hydrogen) atoms. The lowest BCUT2D eigenvalue weighted by atomic mass is 10.1. The molecule has 7 heteroatoms. The number of halogens is 5. The van der Waals surface area contributed by atoms with E-state index in [0.29, 0.717) is 0 Å². The van der Waals surface area contributed by atoms with Crippen LogP contribution in [0, 0.1) is 0 Å². The molecule has 1 rings (SSSR count). The first kappa shape index (κ1) is 13.4. The highest BCUT2D eigenvalue weighted by molar-refractivity contribution is 6.35. The zero-order chi connectivity index (χ0) is 12.5. The summed E-state index contributed by atoms with van der Waals surface area (Å²) in [5.74, 6) is -0.240. The van der Waals surface area contributed by atoms with Crippen LogP contribution in [0.1, 0.15) is 11.7 Å². The molecule has 0 aromatic heterocycles. The summed E-state index contributed by atoms with van der Waals surface area (Å²) in [5, 5.41) is 9.00. The van der Waals surface area contributed by atoms with Crippen molar-refractivity contribution in [1.29, 1.82) is 0 Å². The van der Waals surface area contributed by atoms with E-state index in [2.05, 4.69) is 0 Å². The van der Waals surface area contributed by atoms with Crippen LogP contribution in [0.2, 0.25) is 10.0 Å². The Morgan fingerprint density at radius 3 is 2.31 bits per heavy atom. The highest BCUT2D eigenvalue weighted by Crippen LogP contribution is 2.41. The monoisotopic (exact) mass is 274 g/mol. The minimum atomic E-state index is -4.80. The molecule has 0 fully saturated rings. The van der Waals surface area contributed by atoms with Gasteiger partial charge in [0.25, 0.3) is 0 Å². The van der Waals surface area contributed by atoms with Gasteiger partial charge in [-0.15, -0.1) is 0 Å². The van der Waals surface area contributed by atoms with E-state index < -0.39 is 17.8 Å². The van der Waals surface area contributed by atoms with Crippen molar-refractivity contribution >= 4 is 23.2 Å². The van der Waals surface area contributed by atoms with Gasteiger partial charge in [-0.05, 0) is 12.1 Å². The second kappa shape index (κ2) is 4.69. The van der Waals surface area contributed by atoms with Crippen LogP contribution < -0.4 is 4.74 Å². The Morgan fingerprint density at radius 2 is 1.88 bits per heavy atom. The normalized spacial score (nSPS) is 13.7. The smallest absolute Gasteiger partial charge is 0.418 e. The molecule has 0 bridgehead atoms. The minimum Gasteiger partial charge on any atom is -0.495 e. The van der Waals surface area contributed by atoms with Gasteiger partial charge in [-0.3, -0.25) is 0 Å². The van der Waals surface area contributed by atoms with Gasteiger partial charge in [-0.2, -0.15) is 13.2 Å². The largest absolute Gasteiger partial charge is 0.495 e. The third-order valence-corrected chi connectivity index (χ3v) is 2.34. The van der Waals surface area contributed by atoms with Gasteiger partial charge in [-0.1, -0.05) is 23.2 Å². The fourth-order valence-corrected chi connectivity index (χ4v) is 1.76. The minimum absolute atomic E-state index is 0.0101. The van der Waals surface area contributed by atoms with E-state index in [-0.39, 0.29) is 15.8 Å². The van der Waals surface area contributed by atoms with E-state index in [1.165, 1.54) is 6.07 Å². The molecule has 0 unspecified atom stereocenters. The van der Waals surface area contributed by atoms with Gasteiger partial charge in [-0.25, -0.2) is 0 Å². The van der Waals surface area contributed by atoms with Crippen molar-refractivity contribution in [3.63, 3.8) is 0 Å². The summed E-state index contributed by atoms with van der Waals surface area (Å²) in [6.07, 6.45) is -7.49. The lowest BCUT2D eigenvalue weighted by molar-refractivity contribution is -0.207. The van der Waals surface area contributed by atoms with E-state index in [1.54, 1.807) is 0 Å². The maximum Gasteiger partial charge on any atom is 0.418 e. The maximum absolute atomic E-state index is 12.3. The predicted octanol–water partition coefficient (Wildman–Crippen LogP) is 3.60. The highest BCUT2D eigenvalue weighted by Gasteiger charge is 2.41. The summed E-state index contributed by atoms with van der Waals surface area (Å²) in [6, 6.07) is 2.19. The Balaban J connectivity index is 3.31. The topological polar surface area (TPSA) is 29.5 Å². The van der Waals surface area contributed by atoms with Crippen LogP contribution >= 0.6 is 23.2 Å². The number of aliphatic hydroxyl groups excluding tert-OH is 1. The number of alkyl halides is 3. The molecule has 1 N–H and O–H groups in total. The molecular weight excluding hydrogens is 268 g/mol. The van der Waals surface area contributed by atoms with Gasteiger partial charge in [0, 0.05) is 10.6 Å². The van der Waals surface area contributed by atoms with Crippen molar-refractivity contribution < 1.29 is 23.0 Å². The molecule has 0 heterocycles. The van der Waals surface area contributed by atoms with Crippen molar-refractivity contribution in [1.82, 2.24) is 0 Å². The first-order valence-electron chi connectivity index (χ1n) is 4.05. The standard InChI is InChI=1S/C9H7Cl2F3O2/c1-16-7-5(8(15)9(12,13)14)2-4(10)3-6(7)11/h2-3,8,15H,1H3/t8-/m0/s1. The van der Waals surface area contributed by atoms with E-state index in [1.807, 2.05) is 0 Å².